The molecule has 0 bridgehead atoms. The van der Waals surface area contributed by atoms with Crippen molar-refractivity contribution in [3.8, 4) is 5.75 Å². The number of aryl methyl sites for hydroxylation is 1. The molecule has 0 radical (unpaired) electrons. The van der Waals surface area contributed by atoms with Gasteiger partial charge in [0.2, 0.25) is 0 Å². The van der Waals surface area contributed by atoms with Crippen molar-refractivity contribution in [1.29, 1.82) is 0 Å². The van der Waals surface area contributed by atoms with Crippen LogP contribution in [-0.2, 0) is 11.3 Å². The van der Waals surface area contributed by atoms with E-state index in [9.17, 15) is 0 Å². The van der Waals surface area contributed by atoms with E-state index in [-0.39, 0.29) is 6.10 Å². The summed E-state index contributed by atoms with van der Waals surface area (Å²) in [5.41, 5.74) is 2.45. The summed E-state index contributed by atoms with van der Waals surface area (Å²) in [6.45, 7) is 6.83. The van der Waals surface area contributed by atoms with Crippen molar-refractivity contribution in [2.75, 3.05) is 26.3 Å². The minimum Gasteiger partial charge on any atom is -0.490 e. The molecule has 0 amide bonds. The van der Waals surface area contributed by atoms with Gasteiger partial charge in [0.25, 0.3) is 0 Å². The van der Waals surface area contributed by atoms with Crippen molar-refractivity contribution in [1.82, 2.24) is 14.5 Å². The van der Waals surface area contributed by atoms with Crippen LogP contribution in [0.15, 0.2) is 35.8 Å². The molecule has 5 nitrogen and oxygen atoms in total. The smallest absolute Gasteiger partial charge is 0.129 e. The highest BCUT2D eigenvalue weighted by molar-refractivity contribution is 7.09. The van der Waals surface area contributed by atoms with Crippen LogP contribution in [-0.4, -0.2) is 46.9 Å². The number of nitrogens with zero attached hydrogens (tertiary/aromatic N) is 3. The van der Waals surface area contributed by atoms with E-state index in [4.69, 9.17) is 9.47 Å². The third-order valence-electron chi connectivity index (χ3n) is 5.90. The molecule has 1 atom stereocenters. The topological polar surface area (TPSA) is 39.5 Å². The fourth-order valence-electron chi connectivity index (χ4n) is 4.40. The zero-order chi connectivity index (χ0) is 18.9. The number of ether oxygens (including phenoxy) is 2. The largest absolute Gasteiger partial charge is 0.490 e. The fourth-order valence-corrected chi connectivity index (χ4v) is 5.00. The van der Waals surface area contributed by atoms with Crippen molar-refractivity contribution in [2.24, 2.45) is 0 Å². The van der Waals surface area contributed by atoms with Crippen molar-refractivity contribution in [2.45, 2.75) is 44.9 Å². The van der Waals surface area contributed by atoms with Crippen molar-refractivity contribution in [3.05, 3.63) is 46.5 Å². The molecule has 6 heteroatoms. The summed E-state index contributed by atoms with van der Waals surface area (Å²) in [5, 5.41) is 4.55. The van der Waals surface area contributed by atoms with Crippen LogP contribution in [0.2, 0.25) is 0 Å². The molecule has 0 N–H and O–H groups in total. The van der Waals surface area contributed by atoms with Gasteiger partial charge < -0.3 is 14.0 Å². The molecule has 1 unspecified atom stereocenters. The number of rotatable bonds is 5. The van der Waals surface area contributed by atoms with Gasteiger partial charge in [0.15, 0.2) is 0 Å². The average molecular weight is 398 g/mol. The van der Waals surface area contributed by atoms with E-state index < -0.39 is 0 Å². The molecule has 2 aliphatic rings. The highest BCUT2D eigenvalue weighted by atomic mass is 32.1. The van der Waals surface area contributed by atoms with Crippen LogP contribution >= 0.6 is 11.3 Å². The highest BCUT2D eigenvalue weighted by Gasteiger charge is 2.23. The first-order valence-electron chi connectivity index (χ1n) is 10.2. The standard InChI is InChI=1S/C22H27N3O2S/c1-16-23-17(15-28-16)13-24-9-5-19(6-10-24)27-22-4-2-3-21-20(22)7-11-25(21)18-8-12-26-14-18/h2-4,7,11,15,18-19H,5-6,8-10,12-14H2,1H3. The van der Waals surface area contributed by atoms with Gasteiger partial charge in [-0.1, -0.05) is 6.07 Å². The third-order valence-corrected chi connectivity index (χ3v) is 6.72. The van der Waals surface area contributed by atoms with Crippen LogP contribution in [0.1, 0.15) is 36.0 Å². The summed E-state index contributed by atoms with van der Waals surface area (Å²) in [4.78, 5) is 7.09. The molecular weight excluding hydrogens is 370 g/mol. The molecule has 0 saturated carbocycles. The second-order valence-electron chi connectivity index (χ2n) is 7.88. The monoisotopic (exact) mass is 397 g/mol. The van der Waals surface area contributed by atoms with E-state index in [1.54, 1.807) is 11.3 Å². The normalized spacial score (nSPS) is 21.5. The molecule has 4 heterocycles. The summed E-state index contributed by atoms with van der Waals surface area (Å²) in [6, 6.07) is 9.07. The minimum atomic E-state index is 0.289. The Hall–Kier alpha value is -1.89. The van der Waals surface area contributed by atoms with Crippen LogP contribution in [0.4, 0.5) is 0 Å². The molecular formula is C22H27N3O2S. The van der Waals surface area contributed by atoms with Crippen LogP contribution in [0.5, 0.6) is 5.75 Å². The Balaban J connectivity index is 1.24. The van der Waals surface area contributed by atoms with Gasteiger partial charge >= 0.3 is 0 Å². The van der Waals surface area contributed by atoms with Gasteiger partial charge in [-0.25, -0.2) is 4.98 Å². The van der Waals surface area contributed by atoms with Gasteiger partial charge in [0.05, 0.1) is 28.9 Å². The van der Waals surface area contributed by atoms with E-state index in [0.717, 1.165) is 62.9 Å². The number of benzene rings is 1. The number of hydrogen-bond donors (Lipinski definition) is 0. The summed E-state index contributed by atoms with van der Waals surface area (Å²) in [7, 11) is 0. The molecule has 2 aromatic heterocycles. The summed E-state index contributed by atoms with van der Waals surface area (Å²) >= 11 is 1.74. The van der Waals surface area contributed by atoms with Crippen LogP contribution in [0.25, 0.3) is 10.9 Å². The van der Waals surface area contributed by atoms with Crippen LogP contribution < -0.4 is 4.74 Å². The van der Waals surface area contributed by atoms with E-state index in [2.05, 4.69) is 57.2 Å². The van der Waals surface area contributed by atoms with E-state index in [1.165, 1.54) is 16.6 Å². The number of thiazole rings is 1. The lowest BCUT2D eigenvalue weighted by atomic mass is 10.1. The lowest BCUT2D eigenvalue weighted by Gasteiger charge is -2.31. The van der Waals surface area contributed by atoms with Crippen molar-refractivity contribution >= 4 is 22.2 Å². The number of hydrogen-bond acceptors (Lipinski definition) is 5. The van der Waals surface area contributed by atoms with E-state index >= 15 is 0 Å². The number of likely N-dealkylation sites (tertiary alicyclic amines) is 1. The summed E-state index contributed by atoms with van der Waals surface area (Å²) in [5.74, 6) is 1.02. The maximum atomic E-state index is 6.46. The Morgan fingerprint density at radius 2 is 2.11 bits per heavy atom. The SMILES string of the molecule is Cc1nc(CN2CCC(Oc3cccc4c3ccn4C3CCOC3)CC2)cs1. The van der Waals surface area contributed by atoms with Gasteiger partial charge in [-0.05, 0) is 44.4 Å². The average Bonchev–Trinajstić information content (AvgIpc) is 3.44. The Bertz CT molecular complexity index is 936. The first-order chi connectivity index (χ1) is 13.8. The number of piperidine rings is 1. The Morgan fingerprint density at radius 3 is 2.86 bits per heavy atom. The Morgan fingerprint density at radius 1 is 1.21 bits per heavy atom. The third kappa shape index (κ3) is 3.69. The Kier molecular flexibility index (Phi) is 5.09. The first kappa shape index (κ1) is 18.2. The molecule has 2 aliphatic heterocycles. The van der Waals surface area contributed by atoms with Crippen molar-refractivity contribution in [3.63, 3.8) is 0 Å². The summed E-state index contributed by atoms with van der Waals surface area (Å²) < 4.78 is 14.4. The molecule has 5 rings (SSSR count). The van der Waals surface area contributed by atoms with Crippen LogP contribution in [0, 0.1) is 6.92 Å². The van der Waals surface area contributed by atoms with Gasteiger partial charge in [-0.15, -0.1) is 11.3 Å². The molecule has 148 valence electrons. The van der Waals surface area contributed by atoms with Gasteiger partial charge in [-0.2, -0.15) is 0 Å². The zero-order valence-electron chi connectivity index (χ0n) is 16.3. The fraction of sp³-hybridized carbons (Fsp3) is 0.500. The molecule has 3 aromatic rings. The van der Waals surface area contributed by atoms with Gasteiger partial charge in [0.1, 0.15) is 11.9 Å². The minimum absolute atomic E-state index is 0.289. The molecule has 1 aromatic carbocycles. The zero-order valence-corrected chi connectivity index (χ0v) is 17.2. The maximum absolute atomic E-state index is 6.46. The van der Waals surface area contributed by atoms with Gasteiger partial charge in [0, 0.05) is 43.2 Å². The molecule has 28 heavy (non-hydrogen) atoms. The molecule has 2 fully saturated rings. The van der Waals surface area contributed by atoms with E-state index in [0.29, 0.717) is 6.04 Å². The quantitative estimate of drug-likeness (QED) is 0.639. The number of fused-ring (bicyclic) bond motifs is 1. The Labute approximate surface area is 169 Å². The first-order valence-corrected chi connectivity index (χ1v) is 11.1. The predicted octanol–water partition coefficient (Wildman–Crippen LogP) is 4.41. The van der Waals surface area contributed by atoms with Crippen LogP contribution in [0.3, 0.4) is 0 Å². The lowest BCUT2D eigenvalue weighted by Crippen LogP contribution is -2.37. The highest BCUT2D eigenvalue weighted by Crippen LogP contribution is 2.32. The van der Waals surface area contributed by atoms with E-state index in [1.807, 2.05) is 0 Å². The second-order valence-corrected chi connectivity index (χ2v) is 8.94. The van der Waals surface area contributed by atoms with Gasteiger partial charge in [-0.3, -0.25) is 4.90 Å². The van der Waals surface area contributed by atoms with Crippen molar-refractivity contribution < 1.29 is 9.47 Å². The molecule has 0 spiro atoms. The lowest BCUT2D eigenvalue weighted by molar-refractivity contribution is 0.0974. The predicted molar refractivity (Wildman–Crippen MR) is 112 cm³/mol. The summed E-state index contributed by atoms with van der Waals surface area (Å²) in [6.07, 6.45) is 5.70. The number of aromatic nitrogens is 2. The molecule has 0 aliphatic carbocycles. The maximum Gasteiger partial charge on any atom is 0.129 e. The second kappa shape index (κ2) is 7.85. The molecule has 2 saturated heterocycles.